The summed E-state index contributed by atoms with van der Waals surface area (Å²) in [6.45, 7) is 2.30. The van der Waals surface area contributed by atoms with Crippen molar-refractivity contribution in [2.75, 3.05) is 5.01 Å². The van der Waals surface area contributed by atoms with Crippen LogP contribution in [0.4, 0.5) is 5.95 Å². The Morgan fingerprint density at radius 3 is 2.48 bits per heavy atom. The van der Waals surface area contributed by atoms with Gasteiger partial charge >= 0.3 is 0 Å². The maximum absolute atomic E-state index is 9.55. The van der Waals surface area contributed by atoms with Crippen molar-refractivity contribution in [1.82, 2.24) is 14.8 Å². The van der Waals surface area contributed by atoms with E-state index in [0.29, 0.717) is 23.1 Å². The van der Waals surface area contributed by atoms with Crippen molar-refractivity contribution in [3.63, 3.8) is 0 Å². The van der Waals surface area contributed by atoms with Crippen molar-refractivity contribution >= 4 is 23.3 Å². The highest BCUT2D eigenvalue weighted by Crippen LogP contribution is 2.31. The van der Waals surface area contributed by atoms with Crippen LogP contribution in [0.5, 0.6) is 0 Å². The molecule has 2 heterocycles. The summed E-state index contributed by atoms with van der Waals surface area (Å²) in [5.41, 5.74) is 5.12. The minimum atomic E-state index is 0.382. The second-order valence-corrected chi connectivity index (χ2v) is 7.62. The number of nitrogens with zero attached hydrogens (tertiary/aromatic N) is 6. The molecule has 0 saturated carbocycles. The minimum Gasteiger partial charge on any atom is -0.263 e. The van der Waals surface area contributed by atoms with Crippen LogP contribution >= 0.6 is 11.6 Å². The summed E-state index contributed by atoms with van der Waals surface area (Å²) in [4.78, 5) is 0. The van der Waals surface area contributed by atoms with Crippen molar-refractivity contribution < 1.29 is 0 Å². The monoisotopic (exact) mass is 424 g/mol. The fourth-order valence-electron chi connectivity index (χ4n) is 3.74. The number of aromatic nitrogens is 3. The maximum Gasteiger partial charge on any atom is 0.252 e. The van der Waals surface area contributed by atoms with Crippen LogP contribution in [0.15, 0.2) is 77.9 Å². The molecule has 31 heavy (non-hydrogen) atoms. The van der Waals surface area contributed by atoms with Gasteiger partial charge in [-0.25, -0.2) is 5.01 Å². The van der Waals surface area contributed by atoms with Gasteiger partial charge in [0.05, 0.1) is 23.9 Å². The van der Waals surface area contributed by atoms with Crippen molar-refractivity contribution in [2.24, 2.45) is 5.10 Å². The minimum absolute atomic E-state index is 0.382. The van der Waals surface area contributed by atoms with Gasteiger partial charge in [-0.1, -0.05) is 60.1 Å². The van der Waals surface area contributed by atoms with Crippen molar-refractivity contribution in [1.29, 1.82) is 5.26 Å². The van der Waals surface area contributed by atoms with Gasteiger partial charge in [0.1, 0.15) is 11.5 Å². The summed E-state index contributed by atoms with van der Waals surface area (Å²) in [6, 6.07) is 25.5. The molecular formula is C24H17ClN6. The summed E-state index contributed by atoms with van der Waals surface area (Å²) < 4.78 is 2.00. The number of aryl methyl sites for hydroxylation is 1. The van der Waals surface area contributed by atoms with E-state index < -0.39 is 0 Å². The number of anilines is 1. The Hall–Kier alpha value is -3.95. The smallest absolute Gasteiger partial charge is 0.252 e. The van der Waals surface area contributed by atoms with Crippen LogP contribution in [0.1, 0.15) is 28.1 Å². The number of benzene rings is 3. The highest BCUT2D eigenvalue weighted by molar-refractivity contribution is 6.30. The van der Waals surface area contributed by atoms with E-state index in [1.807, 2.05) is 84.3 Å². The van der Waals surface area contributed by atoms with E-state index >= 15 is 0 Å². The molecule has 1 aliphatic rings. The molecule has 0 radical (unpaired) electrons. The van der Waals surface area contributed by atoms with Gasteiger partial charge in [-0.15, -0.1) is 10.2 Å². The molecule has 0 spiro atoms. The SMILES string of the molecule is Cc1nnc2n1-c1ccccc1C(c1ccc(Cl)cc1)=NN2Cc1ccccc1C#N. The van der Waals surface area contributed by atoms with Crippen molar-refractivity contribution in [2.45, 2.75) is 13.5 Å². The van der Waals surface area contributed by atoms with Crippen LogP contribution in [0.3, 0.4) is 0 Å². The van der Waals surface area contributed by atoms with Crippen molar-refractivity contribution in [3.8, 4) is 11.8 Å². The first kappa shape index (κ1) is 19.0. The third-order valence-electron chi connectivity index (χ3n) is 5.24. The highest BCUT2D eigenvalue weighted by Gasteiger charge is 2.26. The molecule has 6 nitrogen and oxygen atoms in total. The zero-order valence-electron chi connectivity index (χ0n) is 16.7. The lowest BCUT2D eigenvalue weighted by molar-refractivity contribution is 0.795. The third-order valence-corrected chi connectivity index (χ3v) is 5.49. The molecule has 1 aliphatic heterocycles. The largest absolute Gasteiger partial charge is 0.263 e. The Labute approximate surface area is 184 Å². The number of nitriles is 1. The normalized spacial score (nSPS) is 12.4. The number of hydrogen-bond donors (Lipinski definition) is 0. The molecule has 0 N–H and O–H groups in total. The lowest BCUT2D eigenvalue weighted by atomic mass is 10.0. The lowest BCUT2D eigenvalue weighted by Crippen LogP contribution is -2.21. The summed E-state index contributed by atoms with van der Waals surface area (Å²) in [6.07, 6.45) is 0. The van der Waals surface area contributed by atoms with Gasteiger partial charge in [0.15, 0.2) is 0 Å². The number of hydrazone groups is 1. The fraction of sp³-hybridized carbons (Fsp3) is 0.0833. The Morgan fingerprint density at radius 1 is 0.935 bits per heavy atom. The van der Waals surface area contributed by atoms with Gasteiger partial charge < -0.3 is 0 Å². The van der Waals surface area contributed by atoms with Gasteiger partial charge in [-0.3, -0.25) is 4.57 Å². The summed E-state index contributed by atoms with van der Waals surface area (Å²) in [5, 5.41) is 25.8. The second kappa shape index (κ2) is 7.71. The van der Waals surface area contributed by atoms with E-state index in [2.05, 4.69) is 16.3 Å². The molecule has 0 amide bonds. The first-order valence-corrected chi connectivity index (χ1v) is 10.2. The highest BCUT2D eigenvalue weighted by atomic mass is 35.5. The molecular weight excluding hydrogens is 408 g/mol. The summed E-state index contributed by atoms with van der Waals surface area (Å²) >= 11 is 6.13. The topological polar surface area (TPSA) is 70.1 Å². The summed E-state index contributed by atoms with van der Waals surface area (Å²) in [7, 11) is 0. The predicted molar refractivity (Wildman–Crippen MR) is 121 cm³/mol. The molecule has 0 saturated heterocycles. The van der Waals surface area contributed by atoms with Gasteiger partial charge in [0.2, 0.25) is 0 Å². The number of hydrogen-bond acceptors (Lipinski definition) is 5. The number of halogens is 1. The molecule has 150 valence electrons. The first-order chi connectivity index (χ1) is 15.2. The average molecular weight is 425 g/mol. The number of rotatable bonds is 3. The molecule has 0 fully saturated rings. The van der Waals surface area contributed by atoms with Crippen LogP contribution in [0, 0.1) is 18.3 Å². The zero-order chi connectivity index (χ0) is 21.4. The summed E-state index contributed by atoms with van der Waals surface area (Å²) in [5.74, 6) is 1.36. The standard InChI is InChI=1S/C24H17ClN6/c1-16-27-28-24-30(15-19-7-3-2-6-18(19)14-26)29-23(17-10-12-20(25)13-11-17)21-8-4-5-9-22(21)31(16)24/h2-13H,15H2,1H3. The lowest BCUT2D eigenvalue weighted by Gasteiger charge is -2.18. The van der Waals surface area contributed by atoms with Gasteiger partial charge in [0, 0.05) is 16.1 Å². The molecule has 1 aromatic heterocycles. The van der Waals surface area contributed by atoms with Gasteiger partial charge in [-0.05, 0) is 36.8 Å². The van der Waals surface area contributed by atoms with E-state index in [4.69, 9.17) is 16.7 Å². The first-order valence-electron chi connectivity index (χ1n) is 9.77. The number of fused-ring (bicyclic) bond motifs is 3. The van der Waals surface area contributed by atoms with Gasteiger partial charge in [0.25, 0.3) is 5.95 Å². The third kappa shape index (κ3) is 3.35. The maximum atomic E-state index is 9.55. The molecule has 0 atom stereocenters. The Morgan fingerprint density at radius 2 is 1.68 bits per heavy atom. The van der Waals surface area contributed by atoms with Crippen molar-refractivity contribution in [3.05, 3.63) is 106 Å². The van der Waals surface area contributed by atoms with Crippen LogP contribution in [0.25, 0.3) is 5.69 Å². The molecule has 4 aromatic rings. The Balaban J connectivity index is 1.74. The second-order valence-electron chi connectivity index (χ2n) is 7.18. The Bertz CT molecular complexity index is 1350. The molecule has 0 aliphatic carbocycles. The van der Waals surface area contributed by atoms with Crippen LogP contribution in [-0.4, -0.2) is 20.5 Å². The quantitative estimate of drug-likeness (QED) is 0.470. The molecule has 3 aromatic carbocycles. The van der Waals surface area contributed by atoms with E-state index in [1.165, 1.54) is 0 Å². The fourth-order valence-corrected chi connectivity index (χ4v) is 3.87. The predicted octanol–water partition coefficient (Wildman–Crippen LogP) is 4.87. The van der Waals surface area contributed by atoms with E-state index in [-0.39, 0.29) is 0 Å². The average Bonchev–Trinajstić information content (AvgIpc) is 3.12. The van der Waals surface area contributed by atoms with E-state index in [9.17, 15) is 5.26 Å². The van der Waals surface area contributed by atoms with E-state index in [0.717, 1.165) is 33.9 Å². The van der Waals surface area contributed by atoms with Crippen LogP contribution < -0.4 is 5.01 Å². The zero-order valence-corrected chi connectivity index (χ0v) is 17.5. The van der Waals surface area contributed by atoms with E-state index in [1.54, 1.807) is 5.01 Å². The molecule has 0 unspecified atom stereocenters. The number of para-hydroxylation sites is 1. The Kier molecular flexibility index (Phi) is 4.73. The van der Waals surface area contributed by atoms with Crippen LogP contribution in [-0.2, 0) is 6.54 Å². The molecule has 0 bridgehead atoms. The van der Waals surface area contributed by atoms with Crippen LogP contribution in [0.2, 0.25) is 5.02 Å². The molecule has 5 rings (SSSR count). The van der Waals surface area contributed by atoms with Gasteiger partial charge in [-0.2, -0.15) is 10.4 Å². The molecule has 7 heteroatoms.